The number of furan rings is 1. The molecular weight excluding hydrogens is 278 g/mol. The number of rotatable bonds is 4. The molecule has 0 amide bonds. The Morgan fingerprint density at radius 2 is 2.35 bits per heavy atom. The third-order valence-corrected chi connectivity index (χ3v) is 5.44. The third kappa shape index (κ3) is 2.19. The lowest BCUT2D eigenvalue weighted by molar-refractivity contribution is 0.283. The first-order chi connectivity index (χ1) is 8.28. The van der Waals surface area contributed by atoms with E-state index in [1.165, 1.54) is 37.7 Å². The average molecular weight is 298 g/mol. The van der Waals surface area contributed by atoms with Gasteiger partial charge in [0.25, 0.3) is 0 Å². The topological polar surface area (TPSA) is 25.2 Å². The van der Waals surface area contributed by atoms with Gasteiger partial charge in [-0.15, -0.1) is 0 Å². The molecule has 0 radical (unpaired) electrons. The quantitative estimate of drug-likeness (QED) is 0.904. The minimum Gasteiger partial charge on any atom is -0.457 e. The Morgan fingerprint density at radius 1 is 1.47 bits per heavy atom. The maximum atomic E-state index is 5.35. The van der Waals surface area contributed by atoms with Crippen LogP contribution in [0.2, 0.25) is 0 Å². The van der Waals surface area contributed by atoms with E-state index in [0.29, 0.717) is 6.04 Å². The van der Waals surface area contributed by atoms with E-state index in [2.05, 4.69) is 34.4 Å². The molecule has 94 valence electrons. The molecule has 3 rings (SSSR count). The van der Waals surface area contributed by atoms with Crippen molar-refractivity contribution in [3.8, 4) is 0 Å². The van der Waals surface area contributed by atoms with Gasteiger partial charge < -0.3 is 9.73 Å². The molecule has 1 N–H and O–H groups in total. The van der Waals surface area contributed by atoms with Crippen molar-refractivity contribution in [1.29, 1.82) is 0 Å². The molecule has 0 spiro atoms. The molecule has 1 heterocycles. The van der Waals surface area contributed by atoms with E-state index in [0.717, 1.165) is 22.4 Å². The molecule has 2 nitrogen and oxygen atoms in total. The Bertz CT molecular complexity index is 389. The van der Waals surface area contributed by atoms with Gasteiger partial charge in [-0.3, -0.25) is 0 Å². The monoisotopic (exact) mass is 297 g/mol. The predicted octanol–water partition coefficient (Wildman–Crippen LogP) is 4.13. The lowest BCUT2D eigenvalue weighted by Gasteiger charge is -2.26. The summed E-state index contributed by atoms with van der Waals surface area (Å²) in [6.07, 6.45) is 8.94. The van der Waals surface area contributed by atoms with Gasteiger partial charge in [0.05, 0.1) is 6.26 Å². The van der Waals surface area contributed by atoms with E-state index in [1.54, 1.807) is 6.26 Å². The van der Waals surface area contributed by atoms with Crippen LogP contribution in [0, 0.1) is 17.8 Å². The van der Waals surface area contributed by atoms with Crippen LogP contribution in [-0.4, -0.2) is 7.05 Å². The van der Waals surface area contributed by atoms with Gasteiger partial charge in [-0.25, -0.2) is 0 Å². The van der Waals surface area contributed by atoms with Crippen LogP contribution in [0.25, 0.3) is 0 Å². The van der Waals surface area contributed by atoms with Crippen molar-refractivity contribution in [2.24, 2.45) is 17.8 Å². The summed E-state index contributed by atoms with van der Waals surface area (Å²) in [5.41, 5.74) is 1.27. The Balaban J connectivity index is 1.69. The summed E-state index contributed by atoms with van der Waals surface area (Å²) in [6, 6.07) is 2.52. The Labute approximate surface area is 111 Å². The summed E-state index contributed by atoms with van der Waals surface area (Å²) in [7, 11) is 2.05. The summed E-state index contributed by atoms with van der Waals surface area (Å²) >= 11 is 3.49. The first-order valence-corrected chi connectivity index (χ1v) is 7.47. The summed E-state index contributed by atoms with van der Waals surface area (Å²) in [5, 5.41) is 3.44. The molecule has 0 aromatic carbocycles. The summed E-state index contributed by atoms with van der Waals surface area (Å²) < 4.78 is 6.24. The molecule has 2 saturated carbocycles. The molecule has 17 heavy (non-hydrogen) atoms. The van der Waals surface area contributed by atoms with Crippen molar-refractivity contribution >= 4 is 15.9 Å². The van der Waals surface area contributed by atoms with Crippen molar-refractivity contribution in [1.82, 2.24) is 5.32 Å². The minimum absolute atomic E-state index is 0.437. The second-order valence-electron chi connectivity index (χ2n) is 5.66. The van der Waals surface area contributed by atoms with Crippen molar-refractivity contribution in [2.45, 2.75) is 38.1 Å². The lowest BCUT2D eigenvalue weighted by atomic mass is 9.83. The first kappa shape index (κ1) is 11.8. The van der Waals surface area contributed by atoms with E-state index in [1.807, 2.05) is 0 Å². The molecule has 2 aliphatic carbocycles. The minimum atomic E-state index is 0.437. The summed E-state index contributed by atoms with van der Waals surface area (Å²) in [6.45, 7) is 0. The molecule has 4 atom stereocenters. The standard InChI is InChI=1S/C14H20BrNO/c1-16-13(12-4-5-17-14(12)15)8-11-7-9-2-3-10(11)6-9/h4-5,9-11,13,16H,2-3,6-8H2,1H3. The fourth-order valence-electron chi connectivity index (χ4n) is 3.92. The van der Waals surface area contributed by atoms with Crippen LogP contribution in [-0.2, 0) is 0 Å². The van der Waals surface area contributed by atoms with E-state index in [4.69, 9.17) is 4.42 Å². The lowest BCUT2D eigenvalue weighted by Crippen LogP contribution is -2.22. The normalized spacial score (nSPS) is 33.2. The van der Waals surface area contributed by atoms with Crippen LogP contribution in [0.15, 0.2) is 21.4 Å². The number of halogens is 1. The van der Waals surface area contributed by atoms with Gasteiger partial charge in [-0.05, 0) is 72.5 Å². The van der Waals surface area contributed by atoms with Crippen molar-refractivity contribution < 1.29 is 4.42 Å². The summed E-state index contributed by atoms with van der Waals surface area (Å²) in [4.78, 5) is 0. The fourth-order valence-corrected chi connectivity index (χ4v) is 4.44. The zero-order valence-electron chi connectivity index (χ0n) is 10.3. The van der Waals surface area contributed by atoms with Crippen LogP contribution in [0.1, 0.15) is 43.7 Å². The van der Waals surface area contributed by atoms with Gasteiger partial charge in [-0.2, -0.15) is 0 Å². The van der Waals surface area contributed by atoms with Crippen molar-refractivity contribution in [3.63, 3.8) is 0 Å². The van der Waals surface area contributed by atoms with E-state index >= 15 is 0 Å². The van der Waals surface area contributed by atoms with Gasteiger partial charge in [0, 0.05) is 11.6 Å². The molecule has 4 unspecified atom stereocenters. The SMILES string of the molecule is CNC(CC1CC2CCC1C2)c1ccoc1Br. The smallest absolute Gasteiger partial charge is 0.173 e. The van der Waals surface area contributed by atoms with E-state index < -0.39 is 0 Å². The molecule has 1 aromatic rings. The van der Waals surface area contributed by atoms with Gasteiger partial charge in [0.2, 0.25) is 0 Å². The number of nitrogens with one attached hydrogen (secondary N) is 1. The molecule has 2 fully saturated rings. The maximum absolute atomic E-state index is 5.35. The number of hydrogen-bond acceptors (Lipinski definition) is 2. The molecule has 1 aromatic heterocycles. The molecule has 0 aliphatic heterocycles. The second-order valence-corrected chi connectivity index (χ2v) is 6.38. The van der Waals surface area contributed by atoms with Crippen LogP contribution in [0.3, 0.4) is 0 Å². The predicted molar refractivity (Wildman–Crippen MR) is 71.8 cm³/mol. The Hall–Kier alpha value is -0.280. The number of hydrogen-bond donors (Lipinski definition) is 1. The third-order valence-electron chi connectivity index (χ3n) is 4.79. The van der Waals surface area contributed by atoms with Crippen LogP contribution < -0.4 is 5.32 Å². The highest BCUT2D eigenvalue weighted by Crippen LogP contribution is 2.51. The highest BCUT2D eigenvalue weighted by Gasteiger charge is 2.40. The van der Waals surface area contributed by atoms with Crippen LogP contribution in [0.4, 0.5) is 0 Å². The highest BCUT2D eigenvalue weighted by molar-refractivity contribution is 9.10. The van der Waals surface area contributed by atoms with Crippen molar-refractivity contribution in [3.05, 3.63) is 22.6 Å². The molecule has 2 aliphatic rings. The van der Waals surface area contributed by atoms with Crippen molar-refractivity contribution in [2.75, 3.05) is 7.05 Å². The van der Waals surface area contributed by atoms with Crippen LogP contribution in [0.5, 0.6) is 0 Å². The van der Waals surface area contributed by atoms with Gasteiger partial charge in [-0.1, -0.05) is 6.42 Å². The Morgan fingerprint density at radius 3 is 2.88 bits per heavy atom. The number of fused-ring (bicyclic) bond motifs is 2. The van der Waals surface area contributed by atoms with Crippen LogP contribution >= 0.6 is 15.9 Å². The molecular formula is C14H20BrNO. The zero-order valence-corrected chi connectivity index (χ0v) is 11.9. The average Bonchev–Trinajstić information content (AvgIpc) is 3.02. The molecule has 3 heteroatoms. The largest absolute Gasteiger partial charge is 0.457 e. The van der Waals surface area contributed by atoms with Gasteiger partial charge in [0.15, 0.2) is 4.67 Å². The second kappa shape index (κ2) is 4.77. The van der Waals surface area contributed by atoms with E-state index in [9.17, 15) is 0 Å². The highest BCUT2D eigenvalue weighted by atomic mass is 79.9. The summed E-state index contributed by atoms with van der Waals surface area (Å²) in [5.74, 6) is 2.96. The zero-order chi connectivity index (χ0) is 11.8. The van der Waals surface area contributed by atoms with E-state index in [-0.39, 0.29) is 0 Å². The molecule has 2 bridgehead atoms. The van der Waals surface area contributed by atoms with Gasteiger partial charge in [0.1, 0.15) is 0 Å². The Kier molecular flexibility index (Phi) is 3.31. The first-order valence-electron chi connectivity index (χ1n) is 6.68. The molecule has 0 saturated heterocycles. The fraction of sp³-hybridized carbons (Fsp3) is 0.714. The van der Waals surface area contributed by atoms with Gasteiger partial charge >= 0.3 is 0 Å². The maximum Gasteiger partial charge on any atom is 0.173 e.